The van der Waals surface area contributed by atoms with Gasteiger partial charge in [0.25, 0.3) is 0 Å². The van der Waals surface area contributed by atoms with Crippen LogP contribution in [-0.2, 0) is 4.79 Å². The predicted octanol–water partition coefficient (Wildman–Crippen LogP) is 4.09. The molecule has 188 valence electrons. The molecule has 0 aliphatic carbocycles. The molecule has 3 aromatic rings. The summed E-state index contributed by atoms with van der Waals surface area (Å²) in [5, 5.41) is 3.04. The number of halogens is 1. The molecule has 3 aromatic carbocycles. The van der Waals surface area contributed by atoms with Crippen LogP contribution in [0.1, 0.15) is 23.6 Å². The van der Waals surface area contributed by atoms with Crippen LogP contribution in [0.3, 0.4) is 0 Å². The van der Waals surface area contributed by atoms with Crippen LogP contribution in [0.15, 0.2) is 84.9 Å². The van der Waals surface area contributed by atoms with Gasteiger partial charge in [-0.1, -0.05) is 66.7 Å². The van der Waals surface area contributed by atoms with Crippen LogP contribution in [-0.4, -0.2) is 68.0 Å². The molecule has 7 heteroatoms. The van der Waals surface area contributed by atoms with Gasteiger partial charge in [0.2, 0.25) is 5.91 Å². The van der Waals surface area contributed by atoms with E-state index >= 15 is 0 Å². The van der Waals surface area contributed by atoms with Crippen LogP contribution >= 0.6 is 12.4 Å². The number of nitrogens with one attached hydrogen (secondary N) is 1. The Hall–Kier alpha value is -2.90. The van der Waals surface area contributed by atoms with Gasteiger partial charge >= 0.3 is 0 Å². The average molecular weight is 497 g/mol. The molecule has 1 aliphatic rings. The van der Waals surface area contributed by atoms with Crippen molar-refractivity contribution in [2.24, 2.45) is 0 Å². The molecule has 4 rings (SSSR count). The maximum atomic E-state index is 12.5. The Morgan fingerprint density at radius 3 is 1.97 bits per heavy atom. The van der Waals surface area contributed by atoms with E-state index in [1.807, 2.05) is 43.3 Å². The van der Waals surface area contributed by atoms with Crippen molar-refractivity contribution in [1.82, 2.24) is 9.80 Å². The van der Waals surface area contributed by atoms with Crippen molar-refractivity contribution in [3.8, 4) is 0 Å². The molecular formula is C28H37ClN4O2. The lowest BCUT2D eigenvalue weighted by molar-refractivity contribution is -0.116. The first-order valence-electron chi connectivity index (χ1n) is 11.7. The Bertz CT molecular complexity index is 986. The van der Waals surface area contributed by atoms with E-state index in [9.17, 15) is 4.79 Å². The first kappa shape index (κ1) is 28.3. The van der Waals surface area contributed by atoms with Crippen molar-refractivity contribution in [1.29, 1.82) is 0 Å². The van der Waals surface area contributed by atoms with Gasteiger partial charge in [-0.25, -0.2) is 0 Å². The molecule has 0 spiro atoms. The second kappa shape index (κ2) is 13.9. The van der Waals surface area contributed by atoms with Crippen LogP contribution in [0.25, 0.3) is 0 Å². The molecule has 0 aromatic heterocycles. The molecule has 1 amide bonds. The zero-order chi connectivity index (χ0) is 23.0. The number of hydrogen-bond donors (Lipinski definition) is 1. The summed E-state index contributed by atoms with van der Waals surface area (Å²) in [4.78, 5) is 19.5. The van der Waals surface area contributed by atoms with Crippen molar-refractivity contribution < 1.29 is 10.3 Å². The molecule has 1 saturated heterocycles. The minimum Gasteiger partial charge on any atom is -0.412 e. The van der Waals surface area contributed by atoms with Crippen molar-refractivity contribution >= 4 is 29.7 Å². The third-order valence-corrected chi connectivity index (χ3v) is 6.30. The summed E-state index contributed by atoms with van der Waals surface area (Å²) in [5.41, 5.74) is 4.59. The number of anilines is 2. The van der Waals surface area contributed by atoms with E-state index in [4.69, 9.17) is 0 Å². The Morgan fingerprint density at radius 1 is 0.857 bits per heavy atom. The van der Waals surface area contributed by atoms with E-state index in [1.165, 1.54) is 11.1 Å². The maximum Gasteiger partial charge on any atom is 0.225 e. The van der Waals surface area contributed by atoms with Gasteiger partial charge in [0.05, 0.1) is 6.04 Å². The number of carbonyl (C=O) groups is 1. The number of amides is 1. The number of hydrogen-bond acceptors (Lipinski definition) is 4. The van der Waals surface area contributed by atoms with Crippen LogP contribution in [0.4, 0.5) is 11.4 Å². The van der Waals surface area contributed by atoms with E-state index in [0.29, 0.717) is 6.42 Å². The smallest absolute Gasteiger partial charge is 0.225 e. The van der Waals surface area contributed by atoms with Crippen molar-refractivity contribution in [2.45, 2.75) is 12.5 Å². The fourth-order valence-electron chi connectivity index (χ4n) is 4.47. The van der Waals surface area contributed by atoms with Gasteiger partial charge in [0, 0.05) is 64.6 Å². The van der Waals surface area contributed by atoms with Gasteiger partial charge in [-0.3, -0.25) is 9.69 Å². The summed E-state index contributed by atoms with van der Waals surface area (Å²) in [5.74, 6) is 0.0692. The van der Waals surface area contributed by atoms with Gasteiger partial charge in [0.15, 0.2) is 0 Å². The molecule has 0 unspecified atom stereocenters. The minimum atomic E-state index is 0. The molecule has 6 nitrogen and oxygen atoms in total. The van der Waals surface area contributed by atoms with Crippen LogP contribution < -0.4 is 10.2 Å². The molecule has 0 radical (unpaired) electrons. The monoisotopic (exact) mass is 496 g/mol. The lowest BCUT2D eigenvalue weighted by Crippen LogP contribution is -2.48. The SMILES string of the molecule is CN(C)c1cccc(NC(=O)CCN2CCN(C(c3ccccc3)c3ccccc3)CC2)c1.Cl.O. The Balaban J connectivity index is 0.00000216. The normalized spacial score (nSPS) is 14.0. The Morgan fingerprint density at radius 2 is 1.43 bits per heavy atom. The highest BCUT2D eigenvalue weighted by Crippen LogP contribution is 2.29. The third kappa shape index (κ3) is 7.80. The quantitative estimate of drug-likeness (QED) is 0.510. The second-order valence-electron chi connectivity index (χ2n) is 8.84. The maximum absolute atomic E-state index is 12.5. The molecule has 3 N–H and O–H groups in total. The zero-order valence-corrected chi connectivity index (χ0v) is 21.4. The summed E-state index contributed by atoms with van der Waals surface area (Å²) in [6.45, 7) is 4.70. The molecule has 1 fully saturated rings. The molecule has 0 bridgehead atoms. The third-order valence-electron chi connectivity index (χ3n) is 6.30. The zero-order valence-electron chi connectivity index (χ0n) is 20.6. The van der Waals surface area contributed by atoms with Gasteiger partial charge in [-0.15, -0.1) is 12.4 Å². The minimum absolute atomic E-state index is 0. The lowest BCUT2D eigenvalue weighted by Gasteiger charge is -2.39. The summed E-state index contributed by atoms with van der Waals surface area (Å²) in [6, 6.07) is 29.7. The summed E-state index contributed by atoms with van der Waals surface area (Å²) >= 11 is 0. The van der Waals surface area contributed by atoms with E-state index in [-0.39, 0.29) is 29.8 Å². The summed E-state index contributed by atoms with van der Waals surface area (Å²) < 4.78 is 0. The predicted molar refractivity (Wildman–Crippen MR) is 148 cm³/mol. The second-order valence-corrected chi connectivity index (χ2v) is 8.84. The standard InChI is InChI=1S/C28H34N4O.ClH.H2O/c1-30(2)26-15-9-14-25(22-26)29-27(33)16-17-31-18-20-32(21-19-31)28(23-10-5-3-6-11-23)24-12-7-4-8-13-24;;/h3-15,22,28H,16-21H2,1-2H3,(H,29,33);1H;1H2. The molecular weight excluding hydrogens is 460 g/mol. The van der Waals surface area contributed by atoms with Crippen molar-refractivity contribution in [3.05, 3.63) is 96.1 Å². The van der Waals surface area contributed by atoms with Gasteiger partial charge in [-0.2, -0.15) is 0 Å². The molecule has 35 heavy (non-hydrogen) atoms. The van der Waals surface area contributed by atoms with Crippen LogP contribution in [0.2, 0.25) is 0 Å². The van der Waals surface area contributed by atoms with Crippen molar-refractivity contribution in [2.75, 3.05) is 57.0 Å². The number of piperazine rings is 1. The van der Waals surface area contributed by atoms with E-state index in [2.05, 4.69) is 75.8 Å². The average Bonchev–Trinajstić information content (AvgIpc) is 2.85. The van der Waals surface area contributed by atoms with E-state index < -0.39 is 0 Å². The number of rotatable bonds is 8. The fourth-order valence-corrected chi connectivity index (χ4v) is 4.47. The highest BCUT2D eigenvalue weighted by Gasteiger charge is 2.26. The Labute approximate surface area is 215 Å². The Kier molecular flexibility index (Phi) is 11.2. The summed E-state index contributed by atoms with van der Waals surface area (Å²) in [7, 11) is 4.00. The van der Waals surface area contributed by atoms with Crippen LogP contribution in [0, 0.1) is 0 Å². The van der Waals surface area contributed by atoms with E-state index in [1.54, 1.807) is 0 Å². The van der Waals surface area contributed by atoms with Crippen LogP contribution in [0.5, 0.6) is 0 Å². The van der Waals surface area contributed by atoms with Gasteiger partial charge in [0.1, 0.15) is 0 Å². The molecule has 0 saturated carbocycles. The van der Waals surface area contributed by atoms with E-state index in [0.717, 1.165) is 44.1 Å². The fraction of sp³-hybridized carbons (Fsp3) is 0.321. The highest BCUT2D eigenvalue weighted by molar-refractivity contribution is 5.91. The molecule has 1 heterocycles. The largest absolute Gasteiger partial charge is 0.412 e. The topological polar surface area (TPSA) is 70.3 Å². The first-order chi connectivity index (χ1) is 16.1. The first-order valence-corrected chi connectivity index (χ1v) is 11.7. The number of carbonyl (C=O) groups excluding carboxylic acids is 1. The highest BCUT2D eigenvalue weighted by atomic mass is 35.5. The van der Waals surface area contributed by atoms with Crippen molar-refractivity contribution in [3.63, 3.8) is 0 Å². The summed E-state index contributed by atoms with van der Waals surface area (Å²) in [6.07, 6.45) is 0.507. The number of benzene rings is 3. The van der Waals surface area contributed by atoms with Gasteiger partial charge < -0.3 is 20.6 Å². The molecule has 1 aliphatic heterocycles. The number of nitrogens with zero attached hydrogens (tertiary/aromatic N) is 3. The molecule has 0 atom stereocenters. The van der Waals surface area contributed by atoms with Gasteiger partial charge in [-0.05, 0) is 29.3 Å². The lowest BCUT2D eigenvalue weighted by atomic mass is 9.96.